The van der Waals surface area contributed by atoms with E-state index >= 15 is 0 Å². The number of aryl methyl sites for hydroxylation is 1. The van der Waals surface area contributed by atoms with E-state index < -0.39 is 5.97 Å². The van der Waals surface area contributed by atoms with Crippen molar-refractivity contribution in [3.8, 4) is 0 Å². The van der Waals surface area contributed by atoms with Gasteiger partial charge in [0.05, 0.1) is 23.6 Å². The summed E-state index contributed by atoms with van der Waals surface area (Å²) in [6, 6.07) is 8.71. The molecule has 0 fully saturated rings. The SMILES string of the molecule is COC(=O)c1ccc2c(=O)[nH]c(C[n+]3cccc(C)c3C)nc2c1. The number of aromatic amines is 1. The summed E-state index contributed by atoms with van der Waals surface area (Å²) >= 11 is 0. The van der Waals surface area contributed by atoms with E-state index in [0.29, 0.717) is 28.8 Å². The van der Waals surface area contributed by atoms with Gasteiger partial charge in [-0.1, -0.05) is 0 Å². The van der Waals surface area contributed by atoms with Crippen molar-refractivity contribution < 1.29 is 14.1 Å². The molecule has 122 valence electrons. The van der Waals surface area contributed by atoms with Gasteiger partial charge in [-0.15, -0.1) is 0 Å². The number of pyridine rings is 1. The average Bonchev–Trinajstić information content (AvgIpc) is 2.58. The molecular formula is C18H18N3O3+. The van der Waals surface area contributed by atoms with Crippen LogP contribution in [0.3, 0.4) is 0 Å². The van der Waals surface area contributed by atoms with Crippen LogP contribution in [-0.4, -0.2) is 23.0 Å². The summed E-state index contributed by atoms with van der Waals surface area (Å²) in [5.74, 6) is 0.0812. The fourth-order valence-electron chi connectivity index (χ4n) is 2.59. The van der Waals surface area contributed by atoms with Crippen molar-refractivity contribution in [2.24, 2.45) is 0 Å². The number of hydrogen-bond acceptors (Lipinski definition) is 4. The smallest absolute Gasteiger partial charge is 0.337 e. The summed E-state index contributed by atoms with van der Waals surface area (Å²) in [5.41, 5.74) is 2.88. The molecule has 0 saturated carbocycles. The quantitative estimate of drug-likeness (QED) is 0.587. The second-order valence-corrected chi connectivity index (χ2v) is 5.64. The predicted octanol–water partition coefficient (Wildman–Crippen LogP) is 1.66. The Kier molecular flexibility index (Phi) is 4.12. The Balaban J connectivity index is 2.07. The predicted molar refractivity (Wildman–Crippen MR) is 88.9 cm³/mol. The molecule has 0 aliphatic carbocycles. The van der Waals surface area contributed by atoms with E-state index in [4.69, 9.17) is 4.74 Å². The van der Waals surface area contributed by atoms with E-state index in [1.807, 2.05) is 36.7 Å². The van der Waals surface area contributed by atoms with Gasteiger partial charge in [0.25, 0.3) is 5.56 Å². The molecule has 0 atom stereocenters. The van der Waals surface area contributed by atoms with Crippen LogP contribution in [0.1, 0.15) is 27.4 Å². The standard InChI is InChI=1S/C18H17N3O3/c1-11-5-4-8-21(12(11)2)10-16-19-15-9-13(18(23)24-3)6-7-14(15)17(22)20-16/h4-9H,10H2,1-3H3/p+1. The molecule has 0 radical (unpaired) electrons. The van der Waals surface area contributed by atoms with Crippen LogP contribution in [0.5, 0.6) is 0 Å². The molecular weight excluding hydrogens is 306 g/mol. The van der Waals surface area contributed by atoms with E-state index in [1.54, 1.807) is 18.2 Å². The number of rotatable bonds is 3. The number of nitrogens with zero attached hydrogens (tertiary/aromatic N) is 2. The molecule has 6 heteroatoms. The van der Waals surface area contributed by atoms with Gasteiger partial charge in [-0.25, -0.2) is 9.78 Å². The number of nitrogens with one attached hydrogen (secondary N) is 1. The summed E-state index contributed by atoms with van der Waals surface area (Å²) in [7, 11) is 1.32. The second-order valence-electron chi connectivity index (χ2n) is 5.64. The van der Waals surface area contributed by atoms with Gasteiger partial charge in [-0.3, -0.25) is 4.79 Å². The highest BCUT2D eigenvalue weighted by Gasteiger charge is 2.14. The fraction of sp³-hybridized carbons (Fsp3) is 0.222. The molecule has 0 spiro atoms. The van der Waals surface area contributed by atoms with E-state index in [-0.39, 0.29) is 5.56 Å². The lowest BCUT2D eigenvalue weighted by molar-refractivity contribution is -0.695. The molecule has 1 N–H and O–H groups in total. The van der Waals surface area contributed by atoms with Crippen molar-refractivity contribution in [2.45, 2.75) is 20.4 Å². The zero-order valence-corrected chi connectivity index (χ0v) is 13.8. The van der Waals surface area contributed by atoms with Gasteiger partial charge < -0.3 is 9.72 Å². The molecule has 2 aromatic heterocycles. The lowest BCUT2D eigenvalue weighted by Gasteiger charge is -2.05. The Bertz CT molecular complexity index is 992. The molecule has 0 aliphatic rings. The highest BCUT2D eigenvalue weighted by atomic mass is 16.5. The molecule has 0 amide bonds. The summed E-state index contributed by atoms with van der Waals surface area (Å²) in [6.45, 7) is 4.50. The third kappa shape index (κ3) is 2.90. The first-order valence-electron chi connectivity index (χ1n) is 7.56. The zero-order valence-electron chi connectivity index (χ0n) is 13.8. The van der Waals surface area contributed by atoms with Crippen LogP contribution in [0.4, 0.5) is 0 Å². The Morgan fingerprint density at radius 3 is 2.83 bits per heavy atom. The molecule has 1 aromatic carbocycles. The van der Waals surface area contributed by atoms with Crippen molar-refractivity contribution in [1.29, 1.82) is 0 Å². The molecule has 2 heterocycles. The number of hydrogen-bond donors (Lipinski definition) is 1. The van der Waals surface area contributed by atoms with Crippen LogP contribution in [0.15, 0.2) is 41.3 Å². The maximum absolute atomic E-state index is 12.3. The average molecular weight is 324 g/mol. The molecule has 24 heavy (non-hydrogen) atoms. The van der Waals surface area contributed by atoms with E-state index in [0.717, 1.165) is 11.3 Å². The number of carbonyl (C=O) groups excluding carboxylic acids is 1. The number of ether oxygens (including phenoxy) is 1. The zero-order chi connectivity index (χ0) is 17.3. The van der Waals surface area contributed by atoms with Gasteiger partial charge in [0.2, 0.25) is 6.54 Å². The van der Waals surface area contributed by atoms with Crippen LogP contribution >= 0.6 is 0 Å². The van der Waals surface area contributed by atoms with Gasteiger partial charge in [0.15, 0.2) is 17.7 Å². The van der Waals surface area contributed by atoms with Crippen molar-refractivity contribution in [3.63, 3.8) is 0 Å². The van der Waals surface area contributed by atoms with E-state index in [2.05, 4.69) is 9.97 Å². The Labute approximate surface area is 138 Å². The monoisotopic (exact) mass is 324 g/mol. The van der Waals surface area contributed by atoms with Gasteiger partial charge in [0.1, 0.15) is 0 Å². The first kappa shape index (κ1) is 15.9. The highest BCUT2D eigenvalue weighted by Crippen LogP contribution is 2.11. The number of H-pyrrole nitrogens is 1. The van der Waals surface area contributed by atoms with Crippen LogP contribution < -0.4 is 10.1 Å². The largest absolute Gasteiger partial charge is 0.465 e. The van der Waals surface area contributed by atoms with Crippen molar-refractivity contribution in [2.75, 3.05) is 7.11 Å². The first-order chi connectivity index (χ1) is 11.5. The number of methoxy groups -OCH3 is 1. The van der Waals surface area contributed by atoms with Crippen LogP contribution in [0.2, 0.25) is 0 Å². The molecule has 6 nitrogen and oxygen atoms in total. The number of aromatic nitrogens is 3. The van der Waals surface area contributed by atoms with Crippen molar-refractivity contribution in [1.82, 2.24) is 9.97 Å². The molecule has 0 aliphatic heterocycles. The third-order valence-electron chi connectivity index (χ3n) is 4.11. The molecule has 3 rings (SSSR count). The fourth-order valence-corrected chi connectivity index (χ4v) is 2.59. The Hall–Kier alpha value is -3.02. The molecule has 0 saturated heterocycles. The molecule has 3 aromatic rings. The lowest BCUT2D eigenvalue weighted by Crippen LogP contribution is -2.39. The second kappa shape index (κ2) is 6.23. The lowest BCUT2D eigenvalue weighted by atomic mass is 10.1. The third-order valence-corrected chi connectivity index (χ3v) is 4.11. The maximum atomic E-state index is 12.3. The highest BCUT2D eigenvalue weighted by molar-refractivity contribution is 5.93. The van der Waals surface area contributed by atoms with Gasteiger partial charge >= 0.3 is 5.97 Å². The topological polar surface area (TPSA) is 75.9 Å². The number of carbonyl (C=O) groups is 1. The summed E-state index contributed by atoms with van der Waals surface area (Å²) < 4.78 is 6.73. The van der Waals surface area contributed by atoms with Crippen LogP contribution in [0, 0.1) is 13.8 Å². The summed E-state index contributed by atoms with van der Waals surface area (Å²) in [4.78, 5) is 31.2. The normalized spacial score (nSPS) is 10.8. The first-order valence-corrected chi connectivity index (χ1v) is 7.56. The maximum Gasteiger partial charge on any atom is 0.337 e. The van der Waals surface area contributed by atoms with Crippen molar-refractivity contribution in [3.05, 3.63) is 69.5 Å². The van der Waals surface area contributed by atoms with Crippen molar-refractivity contribution >= 4 is 16.9 Å². The van der Waals surface area contributed by atoms with Gasteiger partial charge in [0, 0.05) is 18.6 Å². The number of fused-ring (bicyclic) bond motifs is 1. The van der Waals surface area contributed by atoms with Crippen LogP contribution in [0.25, 0.3) is 10.9 Å². The Morgan fingerprint density at radius 2 is 2.08 bits per heavy atom. The Morgan fingerprint density at radius 1 is 1.29 bits per heavy atom. The minimum absolute atomic E-state index is 0.225. The number of benzene rings is 1. The minimum atomic E-state index is -0.454. The van der Waals surface area contributed by atoms with Crippen LogP contribution in [-0.2, 0) is 11.3 Å². The summed E-state index contributed by atoms with van der Waals surface area (Å²) in [5, 5.41) is 0.442. The molecule has 0 unspecified atom stereocenters. The minimum Gasteiger partial charge on any atom is -0.465 e. The van der Waals surface area contributed by atoms with E-state index in [1.165, 1.54) is 7.11 Å². The van der Waals surface area contributed by atoms with Gasteiger partial charge in [-0.2, -0.15) is 4.57 Å². The number of esters is 1. The molecule has 0 bridgehead atoms. The van der Waals surface area contributed by atoms with Gasteiger partial charge in [-0.05, 0) is 31.2 Å². The summed E-state index contributed by atoms with van der Waals surface area (Å²) in [6.07, 6.45) is 1.94. The van der Waals surface area contributed by atoms with E-state index in [9.17, 15) is 9.59 Å².